The van der Waals surface area contributed by atoms with E-state index in [1.54, 1.807) is 0 Å². The summed E-state index contributed by atoms with van der Waals surface area (Å²) in [6, 6.07) is 5.77. The Morgan fingerprint density at radius 1 is 1.29 bits per heavy atom. The van der Waals surface area contributed by atoms with E-state index < -0.39 is 0 Å². The van der Waals surface area contributed by atoms with Gasteiger partial charge in [-0.1, -0.05) is 26.8 Å². The van der Waals surface area contributed by atoms with Crippen molar-refractivity contribution in [3.05, 3.63) is 24.1 Å². The Labute approximate surface area is 88.7 Å². The maximum atomic E-state index is 5.68. The van der Waals surface area contributed by atoms with Crippen molar-refractivity contribution in [2.75, 3.05) is 0 Å². The van der Waals surface area contributed by atoms with Crippen LogP contribution in [0, 0.1) is 0 Å². The van der Waals surface area contributed by atoms with E-state index in [0.29, 0.717) is 0 Å². The summed E-state index contributed by atoms with van der Waals surface area (Å²) in [6.07, 6.45) is 0. The molecule has 0 N–H and O–H groups in total. The number of nitrogens with zero attached hydrogens (tertiary/aromatic N) is 1. The molecule has 74 valence electrons. The number of fused-ring (bicyclic) bond motifs is 1. The normalized spacial score (nSPS) is 12.3. The first-order valence-corrected chi connectivity index (χ1v) is 5.02. The molecule has 1 aromatic heterocycles. The van der Waals surface area contributed by atoms with Crippen LogP contribution in [0.4, 0.5) is 0 Å². The summed E-state index contributed by atoms with van der Waals surface area (Å²) < 4.78 is 5.68. The van der Waals surface area contributed by atoms with Crippen LogP contribution in [0.5, 0.6) is 0 Å². The van der Waals surface area contributed by atoms with Crippen molar-refractivity contribution in [1.82, 2.24) is 4.98 Å². The van der Waals surface area contributed by atoms with Crippen molar-refractivity contribution in [2.24, 2.45) is 0 Å². The molecule has 0 spiro atoms. The number of oxazole rings is 1. The Morgan fingerprint density at radius 3 is 2.57 bits per heavy atom. The highest BCUT2D eigenvalue weighted by atomic mass is 32.1. The van der Waals surface area contributed by atoms with Crippen molar-refractivity contribution in [1.29, 1.82) is 0 Å². The van der Waals surface area contributed by atoms with Crippen LogP contribution < -0.4 is 0 Å². The molecular formula is C11H13NOS. The molecule has 2 nitrogen and oxygen atoms in total. The summed E-state index contributed by atoms with van der Waals surface area (Å²) in [6.45, 7) is 6.24. The lowest BCUT2D eigenvalue weighted by molar-refractivity contribution is 0.409. The van der Waals surface area contributed by atoms with E-state index in [4.69, 9.17) is 4.42 Å². The third kappa shape index (κ3) is 1.52. The maximum Gasteiger partial charge on any atom is 0.200 e. The SMILES string of the molecule is CC(C)(C)c1nc2cccc(S)c2o1. The minimum Gasteiger partial charge on any atom is -0.439 e. The van der Waals surface area contributed by atoms with E-state index in [9.17, 15) is 0 Å². The molecule has 0 aliphatic heterocycles. The van der Waals surface area contributed by atoms with Crippen molar-refractivity contribution >= 4 is 23.7 Å². The topological polar surface area (TPSA) is 26.0 Å². The lowest BCUT2D eigenvalue weighted by atomic mass is 9.97. The Balaban J connectivity index is 2.69. The zero-order valence-corrected chi connectivity index (χ0v) is 9.43. The highest BCUT2D eigenvalue weighted by molar-refractivity contribution is 7.80. The zero-order valence-electron chi connectivity index (χ0n) is 8.53. The zero-order chi connectivity index (χ0) is 10.3. The average Bonchev–Trinajstić information content (AvgIpc) is 2.48. The van der Waals surface area contributed by atoms with Crippen molar-refractivity contribution in [3.8, 4) is 0 Å². The third-order valence-corrected chi connectivity index (χ3v) is 2.39. The van der Waals surface area contributed by atoms with Gasteiger partial charge in [-0.15, -0.1) is 12.6 Å². The highest BCUT2D eigenvalue weighted by Crippen LogP contribution is 2.28. The minimum atomic E-state index is -0.0563. The van der Waals surface area contributed by atoms with Crippen LogP contribution in [0.15, 0.2) is 27.5 Å². The van der Waals surface area contributed by atoms with Gasteiger partial charge in [0.2, 0.25) is 5.89 Å². The van der Waals surface area contributed by atoms with Gasteiger partial charge in [0.25, 0.3) is 0 Å². The molecule has 0 radical (unpaired) electrons. The van der Waals surface area contributed by atoms with E-state index in [1.165, 1.54) is 0 Å². The fraction of sp³-hybridized carbons (Fsp3) is 0.364. The van der Waals surface area contributed by atoms with E-state index >= 15 is 0 Å². The Morgan fingerprint density at radius 2 is 2.00 bits per heavy atom. The second-order valence-corrected chi connectivity index (χ2v) is 4.88. The molecule has 2 aromatic rings. The molecule has 0 unspecified atom stereocenters. The van der Waals surface area contributed by atoms with E-state index in [-0.39, 0.29) is 5.41 Å². The molecule has 0 aliphatic rings. The predicted octanol–water partition coefficient (Wildman–Crippen LogP) is 3.41. The first kappa shape index (κ1) is 9.59. The number of hydrogen-bond donors (Lipinski definition) is 1. The fourth-order valence-electron chi connectivity index (χ4n) is 1.26. The van der Waals surface area contributed by atoms with Crippen molar-refractivity contribution in [2.45, 2.75) is 31.1 Å². The van der Waals surface area contributed by atoms with Gasteiger partial charge in [-0.05, 0) is 12.1 Å². The van der Waals surface area contributed by atoms with Crippen LogP contribution in [-0.4, -0.2) is 4.98 Å². The van der Waals surface area contributed by atoms with E-state index in [1.807, 2.05) is 18.2 Å². The van der Waals surface area contributed by atoms with Gasteiger partial charge >= 0.3 is 0 Å². The lowest BCUT2D eigenvalue weighted by Gasteiger charge is -2.11. The van der Waals surface area contributed by atoms with Crippen LogP contribution in [-0.2, 0) is 5.41 Å². The molecule has 0 atom stereocenters. The molecule has 0 saturated carbocycles. The summed E-state index contributed by atoms with van der Waals surface area (Å²) in [5.41, 5.74) is 1.60. The number of rotatable bonds is 0. The summed E-state index contributed by atoms with van der Waals surface area (Å²) in [5.74, 6) is 0.758. The second kappa shape index (κ2) is 3.02. The molecule has 2 rings (SSSR count). The quantitative estimate of drug-likeness (QED) is 0.670. The maximum absolute atomic E-state index is 5.68. The minimum absolute atomic E-state index is 0.0563. The summed E-state index contributed by atoms with van der Waals surface area (Å²) >= 11 is 4.33. The monoisotopic (exact) mass is 207 g/mol. The van der Waals surface area contributed by atoms with Crippen molar-refractivity contribution in [3.63, 3.8) is 0 Å². The Hall–Kier alpha value is -0.960. The Bertz CT molecular complexity index is 468. The average molecular weight is 207 g/mol. The molecule has 0 fully saturated rings. The molecule has 1 heterocycles. The van der Waals surface area contributed by atoms with Gasteiger partial charge in [-0.3, -0.25) is 0 Å². The van der Waals surface area contributed by atoms with Gasteiger partial charge in [0.05, 0.1) is 0 Å². The predicted molar refractivity (Wildman–Crippen MR) is 60.0 cm³/mol. The molecule has 0 aliphatic carbocycles. The lowest BCUT2D eigenvalue weighted by Crippen LogP contribution is -2.10. The van der Waals surface area contributed by atoms with Crippen LogP contribution in [0.25, 0.3) is 11.1 Å². The van der Waals surface area contributed by atoms with Gasteiger partial charge in [-0.25, -0.2) is 4.98 Å². The van der Waals surface area contributed by atoms with E-state index in [0.717, 1.165) is 21.9 Å². The molecule has 1 aromatic carbocycles. The number of para-hydroxylation sites is 1. The molecule has 0 saturated heterocycles. The molecular weight excluding hydrogens is 194 g/mol. The molecule has 14 heavy (non-hydrogen) atoms. The van der Waals surface area contributed by atoms with Crippen LogP contribution >= 0.6 is 12.6 Å². The summed E-state index contributed by atoms with van der Waals surface area (Å²) in [4.78, 5) is 5.27. The summed E-state index contributed by atoms with van der Waals surface area (Å²) in [5, 5.41) is 0. The number of benzene rings is 1. The second-order valence-electron chi connectivity index (χ2n) is 4.39. The van der Waals surface area contributed by atoms with Crippen LogP contribution in [0.2, 0.25) is 0 Å². The molecule has 0 bridgehead atoms. The fourth-order valence-corrected chi connectivity index (χ4v) is 1.50. The molecule has 3 heteroatoms. The standard InChI is InChI=1S/C11H13NOS/c1-11(2,3)10-12-7-5-4-6-8(14)9(7)13-10/h4-6,14H,1-3H3. The molecule has 0 amide bonds. The number of thiol groups is 1. The number of aromatic nitrogens is 1. The van der Waals surface area contributed by atoms with Crippen LogP contribution in [0.3, 0.4) is 0 Å². The Kier molecular flexibility index (Phi) is 2.07. The smallest absolute Gasteiger partial charge is 0.200 e. The van der Waals surface area contributed by atoms with Gasteiger partial charge in [0.1, 0.15) is 5.52 Å². The highest BCUT2D eigenvalue weighted by Gasteiger charge is 2.21. The largest absolute Gasteiger partial charge is 0.439 e. The van der Waals surface area contributed by atoms with Gasteiger partial charge in [0, 0.05) is 10.3 Å². The van der Waals surface area contributed by atoms with E-state index in [2.05, 4.69) is 38.4 Å². The van der Waals surface area contributed by atoms with Gasteiger partial charge in [-0.2, -0.15) is 0 Å². The first-order chi connectivity index (χ1) is 6.48. The van der Waals surface area contributed by atoms with Gasteiger partial charge in [0.15, 0.2) is 5.58 Å². The third-order valence-electron chi connectivity index (χ3n) is 2.04. The first-order valence-electron chi connectivity index (χ1n) is 4.57. The van der Waals surface area contributed by atoms with Crippen molar-refractivity contribution < 1.29 is 4.42 Å². The number of hydrogen-bond acceptors (Lipinski definition) is 3. The summed E-state index contributed by atoms with van der Waals surface area (Å²) in [7, 11) is 0. The van der Waals surface area contributed by atoms with Gasteiger partial charge < -0.3 is 4.42 Å². The van der Waals surface area contributed by atoms with Crippen LogP contribution in [0.1, 0.15) is 26.7 Å².